The molecule has 1 saturated heterocycles. The van der Waals surface area contributed by atoms with Gasteiger partial charge >= 0.3 is 0 Å². The predicted molar refractivity (Wildman–Crippen MR) is 115 cm³/mol. The maximum absolute atomic E-state index is 12.6. The zero-order valence-corrected chi connectivity index (χ0v) is 18.2. The predicted octanol–water partition coefficient (Wildman–Crippen LogP) is 2.23. The second-order valence-electron chi connectivity index (χ2n) is 7.01. The lowest BCUT2D eigenvalue weighted by molar-refractivity contribution is -0.120. The number of aliphatic imine (C=N–C) groups is 1. The number of hydrogen-bond acceptors (Lipinski definition) is 3. The van der Waals surface area contributed by atoms with Gasteiger partial charge in [-0.15, -0.1) is 24.0 Å². The minimum Gasteiger partial charge on any atom is -0.357 e. The number of carbonyl (C=O) groups is 1. The Morgan fingerprint density at radius 1 is 1.35 bits per heavy atom. The van der Waals surface area contributed by atoms with Crippen LogP contribution < -0.4 is 10.2 Å². The molecule has 146 valence electrons. The highest BCUT2D eigenvalue weighted by Crippen LogP contribution is 2.27. The molecular formula is C18H31IN6O. The van der Waals surface area contributed by atoms with Crippen LogP contribution >= 0.6 is 24.0 Å². The van der Waals surface area contributed by atoms with Crippen molar-refractivity contribution in [3.05, 3.63) is 12.4 Å². The maximum Gasteiger partial charge on any atom is 0.246 e. The molecule has 3 rings (SSSR count). The molecule has 7 nitrogen and oxygen atoms in total. The molecule has 2 aliphatic rings. The van der Waals surface area contributed by atoms with Gasteiger partial charge in [-0.25, -0.2) is 0 Å². The van der Waals surface area contributed by atoms with Crippen molar-refractivity contribution < 1.29 is 4.79 Å². The van der Waals surface area contributed by atoms with Crippen molar-refractivity contribution in [1.82, 2.24) is 20.0 Å². The quantitative estimate of drug-likeness (QED) is 0.404. The first-order chi connectivity index (χ1) is 12.2. The van der Waals surface area contributed by atoms with Crippen molar-refractivity contribution in [3.63, 3.8) is 0 Å². The van der Waals surface area contributed by atoms with Crippen molar-refractivity contribution in [2.45, 2.75) is 39.0 Å². The van der Waals surface area contributed by atoms with Crippen molar-refractivity contribution in [1.29, 1.82) is 0 Å². The fourth-order valence-corrected chi connectivity index (χ4v) is 3.75. The van der Waals surface area contributed by atoms with E-state index in [-0.39, 0.29) is 29.9 Å². The SMILES string of the molecule is CCNC(=NCCC1CCCC1)N1CCN(c2cnn(C)c2)C(=O)C1.I. The maximum atomic E-state index is 12.6. The zero-order valence-electron chi connectivity index (χ0n) is 15.9. The number of aryl methyl sites for hydroxylation is 1. The van der Waals surface area contributed by atoms with E-state index in [0.29, 0.717) is 13.1 Å². The summed E-state index contributed by atoms with van der Waals surface area (Å²) in [6, 6.07) is 0. The Balaban J connectivity index is 0.00000243. The van der Waals surface area contributed by atoms with E-state index in [2.05, 4.69) is 22.2 Å². The molecule has 0 unspecified atom stereocenters. The zero-order chi connectivity index (χ0) is 17.6. The van der Waals surface area contributed by atoms with Gasteiger partial charge in [-0.3, -0.25) is 14.5 Å². The van der Waals surface area contributed by atoms with Crippen LogP contribution in [0.5, 0.6) is 0 Å². The van der Waals surface area contributed by atoms with Gasteiger partial charge < -0.3 is 15.1 Å². The number of nitrogens with zero attached hydrogens (tertiary/aromatic N) is 5. The highest BCUT2D eigenvalue weighted by atomic mass is 127. The summed E-state index contributed by atoms with van der Waals surface area (Å²) in [5.41, 5.74) is 0.871. The average molecular weight is 474 g/mol. The lowest BCUT2D eigenvalue weighted by atomic mass is 10.0. The number of hydrogen-bond donors (Lipinski definition) is 1. The number of piperazine rings is 1. The number of anilines is 1. The lowest BCUT2D eigenvalue weighted by Gasteiger charge is -2.35. The fourth-order valence-electron chi connectivity index (χ4n) is 3.75. The van der Waals surface area contributed by atoms with Crippen molar-refractivity contribution in [2.24, 2.45) is 18.0 Å². The Morgan fingerprint density at radius 2 is 2.12 bits per heavy atom. The molecule has 0 aromatic carbocycles. The molecular weight excluding hydrogens is 443 g/mol. The summed E-state index contributed by atoms with van der Waals surface area (Å²) in [6.45, 7) is 5.56. The average Bonchev–Trinajstić information content (AvgIpc) is 3.26. The Labute approximate surface area is 173 Å². The van der Waals surface area contributed by atoms with Gasteiger partial charge in [0.2, 0.25) is 5.91 Å². The molecule has 0 radical (unpaired) electrons. The fraction of sp³-hybridized carbons (Fsp3) is 0.722. The van der Waals surface area contributed by atoms with Gasteiger partial charge in [0.1, 0.15) is 6.54 Å². The number of carbonyl (C=O) groups excluding carboxylic acids is 1. The molecule has 2 heterocycles. The molecule has 1 aromatic rings. The summed E-state index contributed by atoms with van der Waals surface area (Å²) in [5.74, 6) is 1.82. The van der Waals surface area contributed by atoms with Crippen LogP contribution in [0.2, 0.25) is 0 Å². The molecule has 1 N–H and O–H groups in total. The van der Waals surface area contributed by atoms with Gasteiger partial charge in [0.15, 0.2) is 5.96 Å². The number of rotatable bonds is 5. The minimum atomic E-state index is 0. The van der Waals surface area contributed by atoms with Gasteiger partial charge in [0, 0.05) is 39.4 Å². The first-order valence-corrected chi connectivity index (χ1v) is 9.49. The van der Waals surface area contributed by atoms with Crippen LogP contribution in [0.15, 0.2) is 17.4 Å². The Bertz CT molecular complexity index is 611. The van der Waals surface area contributed by atoms with Gasteiger partial charge in [-0.05, 0) is 19.3 Å². The molecule has 1 aromatic heterocycles. The summed E-state index contributed by atoms with van der Waals surface area (Å²) >= 11 is 0. The van der Waals surface area contributed by atoms with Gasteiger partial charge in [-0.2, -0.15) is 5.10 Å². The van der Waals surface area contributed by atoms with Gasteiger partial charge in [-0.1, -0.05) is 25.7 Å². The van der Waals surface area contributed by atoms with E-state index in [4.69, 9.17) is 4.99 Å². The minimum absolute atomic E-state index is 0. The van der Waals surface area contributed by atoms with E-state index in [1.165, 1.54) is 32.1 Å². The van der Waals surface area contributed by atoms with Crippen LogP contribution in [-0.2, 0) is 11.8 Å². The van der Waals surface area contributed by atoms with Crippen LogP contribution in [0.25, 0.3) is 0 Å². The molecule has 1 aliphatic heterocycles. The Hall–Kier alpha value is -1.32. The third kappa shape index (κ3) is 5.34. The molecule has 1 amide bonds. The van der Waals surface area contributed by atoms with E-state index in [9.17, 15) is 4.79 Å². The Morgan fingerprint density at radius 3 is 2.73 bits per heavy atom. The summed E-state index contributed by atoms with van der Waals surface area (Å²) in [7, 11) is 1.87. The van der Waals surface area contributed by atoms with Gasteiger partial charge in [0.25, 0.3) is 0 Å². The topological polar surface area (TPSA) is 65.8 Å². The number of amides is 1. The second-order valence-corrected chi connectivity index (χ2v) is 7.01. The molecule has 0 atom stereocenters. The lowest BCUT2D eigenvalue weighted by Crippen LogP contribution is -2.55. The van der Waals surface area contributed by atoms with E-state index in [0.717, 1.165) is 37.2 Å². The van der Waals surface area contributed by atoms with E-state index in [1.54, 1.807) is 10.9 Å². The summed E-state index contributed by atoms with van der Waals surface area (Å²) in [5, 5.41) is 7.51. The van der Waals surface area contributed by atoms with Gasteiger partial charge in [0.05, 0.1) is 11.9 Å². The summed E-state index contributed by atoms with van der Waals surface area (Å²) in [4.78, 5) is 21.2. The van der Waals surface area contributed by atoms with Crippen molar-refractivity contribution >= 4 is 41.5 Å². The molecule has 0 bridgehead atoms. The van der Waals surface area contributed by atoms with Crippen LogP contribution in [-0.4, -0.2) is 59.3 Å². The third-order valence-corrected chi connectivity index (χ3v) is 5.13. The molecule has 26 heavy (non-hydrogen) atoms. The normalized spacial score (nSPS) is 19.0. The number of guanidine groups is 1. The molecule has 8 heteroatoms. The number of aromatic nitrogens is 2. The van der Waals surface area contributed by atoms with Crippen molar-refractivity contribution in [3.8, 4) is 0 Å². The van der Waals surface area contributed by atoms with Crippen LogP contribution in [0, 0.1) is 5.92 Å². The van der Waals surface area contributed by atoms with Crippen LogP contribution in [0.3, 0.4) is 0 Å². The van der Waals surface area contributed by atoms with Crippen LogP contribution in [0.4, 0.5) is 5.69 Å². The Kier molecular flexibility index (Phi) is 8.17. The van der Waals surface area contributed by atoms with E-state index >= 15 is 0 Å². The van der Waals surface area contributed by atoms with Crippen molar-refractivity contribution in [2.75, 3.05) is 37.6 Å². The van der Waals surface area contributed by atoms with E-state index < -0.39 is 0 Å². The molecule has 1 saturated carbocycles. The molecule has 0 spiro atoms. The molecule has 2 fully saturated rings. The summed E-state index contributed by atoms with van der Waals surface area (Å²) < 4.78 is 1.73. The second kappa shape index (κ2) is 10.1. The van der Waals surface area contributed by atoms with Crippen LogP contribution in [0.1, 0.15) is 39.0 Å². The third-order valence-electron chi connectivity index (χ3n) is 5.13. The highest BCUT2D eigenvalue weighted by molar-refractivity contribution is 14.0. The standard InChI is InChI=1S/C18H30N6O.HI/c1-3-19-18(20-9-8-15-6-4-5-7-15)23-10-11-24(17(25)14-23)16-12-21-22(2)13-16;/h12-13,15H,3-11,14H2,1-2H3,(H,19,20);1H. The summed E-state index contributed by atoms with van der Waals surface area (Å²) in [6.07, 6.45) is 10.3. The first kappa shape index (κ1) is 21.0. The number of nitrogens with one attached hydrogen (secondary N) is 1. The smallest absolute Gasteiger partial charge is 0.246 e. The monoisotopic (exact) mass is 474 g/mol. The molecule has 1 aliphatic carbocycles. The highest BCUT2D eigenvalue weighted by Gasteiger charge is 2.27. The largest absolute Gasteiger partial charge is 0.357 e. The van der Waals surface area contributed by atoms with E-state index in [1.807, 2.05) is 18.1 Å². The number of halogens is 1. The first-order valence-electron chi connectivity index (χ1n) is 9.49.